The Balaban J connectivity index is 2.15. The highest BCUT2D eigenvalue weighted by molar-refractivity contribution is 5.86. The summed E-state index contributed by atoms with van der Waals surface area (Å²) >= 11 is 0. The van der Waals surface area contributed by atoms with Gasteiger partial charge < -0.3 is 9.21 Å². The minimum Gasteiger partial charge on any atom is -0.443 e. The molecule has 0 amide bonds. The number of benzene rings is 1. The standard InChI is InChI=1S/C18H21NO2/c1-9-4-5-13-10(2)6-12(7-20)15-11(3)17-18(21-8-19-17)14(9)16(13)15/h7-10,12-13H,4-6H2,1-3H3/t9-,10-,12-,13?/m0/s1. The summed E-state index contributed by atoms with van der Waals surface area (Å²) in [5, 5.41) is 0. The molecule has 1 aromatic carbocycles. The Bertz CT molecular complexity index is 730. The fraction of sp³-hybridized carbons (Fsp3) is 0.556. The van der Waals surface area contributed by atoms with Crippen molar-refractivity contribution in [3.05, 3.63) is 28.6 Å². The van der Waals surface area contributed by atoms with Crippen LogP contribution in [0.4, 0.5) is 0 Å². The van der Waals surface area contributed by atoms with Gasteiger partial charge in [-0.25, -0.2) is 4.98 Å². The predicted molar refractivity (Wildman–Crippen MR) is 81.7 cm³/mol. The van der Waals surface area contributed by atoms with Crippen LogP contribution in [0.25, 0.3) is 11.1 Å². The summed E-state index contributed by atoms with van der Waals surface area (Å²) in [6, 6.07) is 0. The van der Waals surface area contributed by atoms with Gasteiger partial charge in [0, 0.05) is 11.5 Å². The van der Waals surface area contributed by atoms with Gasteiger partial charge in [-0.15, -0.1) is 0 Å². The molecule has 0 spiro atoms. The lowest BCUT2D eigenvalue weighted by Crippen LogP contribution is -2.29. The molecule has 1 unspecified atom stereocenters. The van der Waals surface area contributed by atoms with Crippen molar-refractivity contribution in [2.45, 2.75) is 57.8 Å². The van der Waals surface area contributed by atoms with Crippen LogP contribution in [-0.4, -0.2) is 11.3 Å². The molecule has 3 nitrogen and oxygen atoms in total. The third-order valence-electron chi connectivity index (χ3n) is 5.77. The number of aldehydes is 1. The summed E-state index contributed by atoms with van der Waals surface area (Å²) in [5.74, 6) is 1.66. The van der Waals surface area contributed by atoms with Gasteiger partial charge in [0.1, 0.15) is 11.8 Å². The van der Waals surface area contributed by atoms with Crippen molar-refractivity contribution >= 4 is 17.4 Å². The van der Waals surface area contributed by atoms with E-state index < -0.39 is 0 Å². The van der Waals surface area contributed by atoms with Crippen LogP contribution in [0.15, 0.2) is 10.8 Å². The molecule has 3 heteroatoms. The minimum atomic E-state index is 0.0244. The maximum atomic E-state index is 11.7. The number of aryl methyl sites for hydroxylation is 1. The maximum Gasteiger partial charge on any atom is 0.182 e. The second kappa shape index (κ2) is 4.43. The SMILES string of the molecule is Cc1c2c3c(c4ocnc14)[C@@H](C)CCC3[C@@H](C)C[C@H]2C=O. The lowest BCUT2D eigenvalue weighted by molar-refractivity contribution is -0.109. The number of oxazole rings is 1. The molecule has 2 aliphatic rings. The molecule has 0 fully saturated rings. The van der Waals surface area contributed by atoms with E-state index in [1.54, 1.807) is 6.39 Å². The van der Waals surface area contributed by atoms with Gasteiger partial charge in [-0.05, 0) is 60.6 Å². The van der Waals surface area contributed by atoms with Crippen LogP contribution < -0.4 is 0 Å². The Morgan fingerprint density at radius 1 is 1.24 bits per heavy atom. The highest BCUT2D eigenvalue weighted by atomic mass is 16.3. The van der Waals surface area contributed by atoms with E-state index in [4.69, 9.17) is 4.42 Å². The molecule has 110 valence electrons. The molecule has 0 bridgehead atoms. The molecular weight excluding hydrogens is 262 g/mol. The maximum absolute atomic E-state index is 11.7. The summed E-state index contributed by atoms with van der Waals surface area (Å²) in [4.78, 5) is 16.1. The third kappa shape index (κ3) is 1.60. The average Bonchev–Trinajstić information content (AvgIpc) is 2.95. The van der Waals surface area contributed by atoms with Crippen LogP contribution >= 0.6 is 0 Å². The molecule has 0 aliphatic heterocycles. The van der Waals surface area contributed by atoms with E-state index in [1.807, 2.05) is 0 Å². The summed E-state index contributed by atoms with van der Waals surface area (Å²) in [6.45, 7) is 6.67. The largest absolute Gasteiger partial charge is 0.443 e. The topological polar surface area (TPSA) is 43.1 Å². The van der Waals surface area contributed by atoms with E-state index >= 15 is 0 Å². The average molecular weight is 283 g/mol. The van der Waals surface area contributed by atoms with Gasteiger partial charge in [-0.1, -0.05) is 13.8 Å². The molecular formula is C18H21NO2. The van der Waals surface area contributed by atoms with Crippen LogP contribution in [0.5, 0.6) is 0 Å². The summed E-state index contributed by atoms with van der Waals surface area (Å²) in [6.07, 6.45) is 6.09. The number of nitrogens with zero attached hydrogens (tertiary/aromatic N) is 1. The highest BCUT2D eigenvalue weighted by Crippen LogP contribution is 2.54. The first-order valence-corrected chi connectivity index (χ1v) is 7.98. The van der Waals surface area contributed by atoms with Crippen molar-refractivity contribution in [2.75, 3.05) is 0 Å². The summed E-state index contributed by atoms with van der Waals surface area (Å²) < 4.78 is 5.74. The normalized spacial score (nSPS) is 31.2. The Morgan fingerprint density at radius 2 is 2.05 bits per heavy atom. The molecule has 1 aromatic heterocycles. The fourth-order valence-electron chi connectivity index (χ4n) is 4.76. The van der Waals surface area contributed by atoms with Crippen molar-refractivity contribution in [1.29, 1.82) is 0 Å². The van der Waals surface area contributed by atoms with Crippen molar-refractivity contribution in [3.63, 3.8) is 0 Å². The van der Waals surface area contributed by atoms with E-state index in [2.05, 4.69) is 25.8 Å². The van der Waals surface area contributed by atoms with Gasteiger partial charge in [0.05, 0.1) is 0 Å². The highest BCUT2D eigenvalue weighted by Gasteiger charge is 2.40. The number of carbonyl (C=O) groups excluding carboxylic acids is 1. The van der Waals surface area contributed by atoms with E-state index in [1.165, 1.54) is 29.5 Å². The molecule has 2 aromatic rings. The first-order valence-electron chi connectivity index (χ1n) is 7.98. The van der Waals surface area contributed by atoms with Crippen molar-refractivity contribution in [1.82, 2.24) is 4.98 Å². The quantitative estimate of drug-likeness (QED) is 0.727. The summed E-state index contributed by atoms with van der Waals surface area (Å²) in [7, 11) is 0. The van der Waals surface area contributed by atoms with E-state index in [-0.39, 0.29) is 5.92 Å². The zero-order chi connectivity index (χ0) is 14.7. The van der Waals surface area contributed by atoms with Crippen LogP contribution in [0.2, 0.25) is 0 Å². The molecule has 1 heterocycles. The first kappa shape index (κ1) is 13.1. The first-order chi connectivity index (χ1) is 10.1. The fourth-order valence-corrected chi connectivity index (χ4v) is 4.76. The monoisotopic (exact) mass is 283 g/mol. The van der Waals surface area contributed by atoms with Gasteiger partial charge in [0.2, 0.25) is 0 Å². The van der Waals surface area contributed by atoms with E-state index in [0.29, 0.717) is 17.8 Å². The molecule has 21 heavy (non-hydrogen) atoms. The van der Waals surface area contributed by atoms with Gasteiger partial charge in [0.25, 0.3) is 0 Å². The molecule has 0 saturated carbocycles. The number of fused-ring (bicyclic) bond motifs is 2. The van der Waals surface area contributed by atoms with Crippen molar-refractivity contribution in [3.8, 4) is 0 Å². The van der Waals surface area contributed by atoms with Gasteiger partial charge in [0.15, 0.2) is 12.0 Å². The lowest BCUT2D eigenvalue weighted by atomic mass is 9.62. The molecule has 0 saturated heterocycles. The number of aromatic nitrogens is 1. The molecule has 0 N–H and O–H groups in total. The minimum absolute atomic E-state index is 0.0244. The Hall–Kier alpha value is -1.64. The molecule has 0 radical (unpaired) electrons. The van der Waals surface area contributed by atoms with E-state index in [0.717, 1.165) is 29.4 Å². The Labute approximate surface area is 124 Å². The van der Waals surface area contributed by atoms with E-state index in [9.17, 15) is 4.79 Å². The smallest absolute Gasteiger partial charge is 0.182 e. The van der Waals surface area contributed by atoms with Gasteiger partial charge >= 0.3 is 0 Å². The Morgan fingerprint density at radius 3 is 2.81 bits per heavy atom. The molecule has 4 atom stereocenters. The van der Waals surface area contributed by atoms with Crippen molar-refractivity contribution < 1.29 is 9.21 Å². The molecule has 4 rings (SSSR count). The number of hydrogen-bond donors (Lipinski definition) is 0. The second-order valence-electron chi connectivity index (χ2n) is 6.94. The van der Waals surface area contributed by atoms with Gasteiger partial charge in [-0.2, -0.15) is 0 Å². The molecule has 2 aliphatic carbocycles. The third-order valence-corrected chi connectivity index (χ3v) is 5.77. The van der Waals surface area contributed by atoms with Gasteiger partial charge in [-0.3, -0.25) is 0 Å². The predicted octanol–water partition coefficient (Wildman–Crippen LogP) is 4.44. The number of hydrogen-bond acceptors (Lipinski definition) is 3. The number of carbonyl (C=O) groups is 1. The summed E-state index contributed by atoms with van der Waals surface area (Å²) in [5.41, 5.74) is 7.08. The number of rotatable bonds is 1. The van der Waals surface area contributed by atoms with Crippen LogP contribution in [-0.2, 0) is 4.79 Å². The lowest BCUT2D eigenvalue weighted by Gasteiger charge is -2.41. The Kier molecular flexibility index (Phi) is 2.75. The zero-order valence-electron chi connectivity index (χ0n) is 12.8. The van der Waals surface area contributed by atoms with Crippen LogP contribution in [0.1, 0.15) is 73.1 Å². The van der Waals surface area contributed by atoms with Crippen molar-refractivity contribution in [2.24, 2.45) is 5.92 Å². The van der Waals surface area contributed by atoms with Crippen LogP contribution in [0, 0.1) is 12.8 Å². The van der Waals surface area contributed by atoms with Crippen LogP contribution in [0.3, 0.4) is 0 Å². The zero-order valence-corrected chi connectivity index (χ0v) is 12.8. The second-order valence-corrected chi connectivity index (χ2v) is 6.94.